The number of carboxylic acid groups (broad SMARTS) is 1. The van der Waals surface area contributed by atoms with Crippen molar-refractivity contribution in [1.82, 2.24) is 0 Å². The van der Waals surface area contributed by atoms with Gasteiger partial charge in [0, 0.05) is 24.8 Å². The van der Waals surface area contributed by atoms with Gasteiger partial charge in [-0.2, -0.15) is 0 Å². The molecule has 0 aliphatic carbocycles. The summed E-state index contributed by atoms with van der Waals surface area (Å²) in [4.78, 5) is 13.9. The highest BCUT2D eigenvalue weighted by atomic mass is 16.5. The van der Waals surface area contributed by atoms with Crippen molar-refractivity contribution in [2.24, 2.45) is 0 Å². The molecule has 0 bridgehead atoms. The number of benzene rings is 3. The molecule has 0 aromatic heterocycles. The predicted molar refractivity (Wildman–Crippen MR) is 108 cm³/mol. The Morgan fingerprint density at radius 1 is 0.963 bits per heavy atom. The Labute approximate surface area is 159 Å². The van der Waals surface area contributed by atoms with E-state index in [0.29, 0.717) is 12.4 Å². The first-order valence-corrected chi connectivity index (χ1v) is 9.44. The van der Waals surface area contributed by atoms with Crippen LogP contribution in [0, 0.1) is 0 Å². The molecule has 27 heavy (non-hydrogen) atoms. The van der Waals surface area contributed by atoms with Crippen molar-refractivity contribution in [3.05, 3.63) is 71.8 Å². The van der Waals surface area contributed by atoms with Gasteiger partial charge in [-0.3, -0.25) is 0 Å². The average Bonchev–Trinajstić information content (AvgIpc) is 2.72. The van der Waals surface area contributed by atoms with Crippen molar-refractivity contribution in [2.75, 3.05) is 18.0 Å². The third-order valence-corrected chi connectivity index (χ3v) is 5.18. The van der Waals surface area contributed by atoms with Crippen LogP contribution in [0.25, 0.3) is 10.8 Å². The fourth-order valence-electron chi connectivity index (χ4n) is 3.73. The lowest BCUT2D eigenvalue weighted by atomic mass is 10.1. The molecule has 1 fully saturated rings. The monoisotopic (exact) mass is 361 g/mol. The molecule has 1 aliphatic heterocycles. The van der Waals surface area contributed by atoms with Crippen LogP contribution in [0.15, 0.2) is 60.7 Å². The van der Waals surface area contributed by atoms with Gasteiger partial charge in [-0.1, -0.05) is 42.5 Å². The second kappa shape index (κ2) is 7.70. The number of hydrogen-bond donors (Lipinski definition) is 1. The zero-order valence-electron chi connectivity index (χ0n) is 15.2. The molecule has 0 radical (unpaired) electrons. The maximum atomic E-state index is 11.6. The number of aromatic carboxylic acids is 1. The lowest BCUT2D eigenvalue weighted by Crippen LogP contribution is -2.29. The van der Waals surface area contributed by atoms with Crippen molar-refractivity contribution in [1.29, 1.82) is 0 Å². The molecule has 0 amide bonds. The predicted octanol–water partition coefficient (Wildman–Crippen LogP) is 5.11. The van der Waals surface area contributed by atoms with Gasteiger partial charge >= 0.3 is 5.97 Å². The lowest BCUT2D eigenvalue weighted by molar-refractivity contribution is 0.0692. The van der Waals surface area contributed by atoms with Crippen molar-refractivity contribution in [3.63, 3.8) is 0 Å². The largest absolute Gasteiger partial charge is 0.488 e. The second-order valence-electron chi connectivity index (χ2n) is 6.96. The Hall–Kier alpha value is -3.01. The zero-order chi connectivity index (χ0) is 18.6. The van der Waals surface area contributed by atoms with Crippen molar-refractivity contribution < 1.29 is 14.6 Å². The minimum absolute atomic E-state index is 0.205. The van der Waals surface area contributed by atoms with Gasteiger partial charge in [-0.25, -0.2) is 4.79 Å². The number of rotatable bonds is 5. The smallest absolute Gasteiger partial charge is 0.339 e. The van der Waals surface area contributed by atoms with E-state index in [2.05, 4.69) is 23.1 Å². The van der Waals surface area contributed by atoms with Gasteiger partial charge in [-0.05, 0) is 47.7 Å². The molecule has 1 N–H and O–H groups in total. The van der Waals surface area contributed by atoms with Crippen LogP contribution in [-0.4, -0.2) is 24.2 Å². The van der Waals surface area contributed by atoms with Crippen molar-refractivity contribution >= 4 is 22.4 Å². The first kappa shape index (κ1) is 17.4. The molecule has 0 unspecified atom stereocenters. The van der Waals surface area contributed by atoms with E-state index in [1.165, 1.54) is 19.3 Å². The summed E-state index contributed by atoms with van der Waals surface area (Å²) < 4.78 is 6.02. The molecule has 4 heteroatoms. The van der Waals surface area contributed by atoms with Gasteiger partial charge in [0.05, 0.1) is 0 Å². The maximum Gasteiger partial charge on any atom is 0.339 e. The fraction of sp³-hybridized carbons (Fsp3) is 0.261. The van der Waals surface area contributed by atoms with Crippen LogP contribution in [-0.2, 0) is 6.61 Å². The van der Waals surface area contributed by atoms with Crippen LogP contribution < -0.4 is 9.64 Å². The van der Waals surface area contributed by atoms with Gasteiger partial charge < -0.3 is 14.7 Å². The van der Waals surface area contributed by atoms with E-state index in [9.17, 15) is 9.90 Å². The number of carbonyl (C=O) groups is 1. The number of fused-ring (bicyclic) bond motifs is 1. The quantitative estimate of drug-likeness (QED) is 0.686. The van der Waals surface area contributed by atoms with Crippen molar-refractivity contribution in [2.45, 2.75) is 25.9 Å². The molecule has 4 rings (SSSR count). The Balaban J connectivity index is 1.62. The van der Waals surface area contributed by atoms with Crippen LogP contribution in [0.1, 0.15) is 35.2 Å². The molecule has 1 aliphatic rings. The van der Waals surface area contributed by atoms with E-state index < -0.39 is 5.97 Å². The molecular weight excluding hydrogens is 338 g/mol. The van der Waals surface area contributed by atoms with Gasteiger partial charge in [-0.15, -0.1) is 0 Å². The molecule has 4 nitrogen and oxygen atoms in total. The second-order valence-corrected chi connectivity index (χ2v) is 6.96. The number of nitrogens with zero attached hydrogens (tertiary/aromatic N) is 1. The average molecular weight is 361 g/mol. The highest BCUT2D eigenvalue weighted by Gasteiger charge is 2.17. The summed E-state index contributed by atoms with van der Waals surface area (Å²) in [5.41, 5.74) is 2.29. The van der Waals surface area contributed by atoms with Crippen LogP contribution in [0.5, 0.6) is 5.75 Å². The maximum absolute atomic E-state index is 11.6. The lowest BCUT2D eigenvalue weighted by Gasteiger charge is -2.29. The van der Waals surface area contributed by atoms with E-state index >= 15 is 0 Å². The number of ether oxygens (including phenoxy) is 1. The summed E-state index contributed by atoms with van der Waals surface area (Å²) in [5.74, 6) is -0.536. The Morgan fingerprint density at radius 3 is 2.56 bits per heavy atom. The van der Waals surface area contributed by atoms with Gasteiger partial charge in [0.2, 0.25) is 0 Å². The standard InChI is InChI=1S/C23H23NO3/c25-23(26)21-12-11-19(24-13-4-1-5-14-24)15-22(21)27-16-18-9-6-8-17-7-2-3-10-20(17)18/h2-3,6-12,15H,1,4-5,13-14,16H2,(H,25,26). The summed E-state index contributed by atoms with van der Waals surface area (Å²) in [6.45, 7) is 2.36. The molecule has 3 aromatic carbocycles. The SMILES string of the molecule is O=C(O)c1ccc(N2CCCCC2)cc1OCc1cccc2ccccc12. The molecule has 0 atom stereocenters. The van der Waals surface area contributed by atoms with Crippen LogP contribution in [0.3, 0.4) is 0 Å². The zero-order valence-corrected chi connectivity index (χ0v) is 15.2. The summed E-state index contributed by atoms with van der Waals surface area (Å²) in [6, 6.07) is 19.7. The first-order valence-electron chi connectivity index (χ1n) is 9.44. The van der Waals surface area contributed by atoms with Gasteiger partial charge in [0.25, 0.3) is 0 Å². The van der Waals surface area contributed by atoms with E-state index in [-0.39, 0.29) is 5.56 Å². The van der Waals surface area contributed by atoms with E-state index in [0.717, 1.165) is 35.1 Å². The van der Waals surface area contributed by atoms with Gasteiger partial charge in [0.15, 0.2) is 0 Å². The third kappa shape index (κ3) is 3.75. The molecule has 0 spiro atoms. The Kier molecular flexibility index (Phi) is 4.97. The highest BCUT2D eigenvalue weighted by Crippen LogP contribution is 2.29. The number of anilines is 1. The topological polar surface area (TPSA) is 49.8 Å². The molecule has 1 saturated heterocycles. The van der Waals surface area contributed by atoms with Gasteiger partial charge in [0.1, 0.15) is 17.9 Å². The summed E-state index contributed by atoms with van der Waals surface area (Å²) in [7, 11) is 0. The highest BCUT2D eigenvalue weighted by molar-refractivity contribution is 5.91. The summed E-state index contributed by atoms with van der Waals surface area (Å²) in [6.07, 6.45) is 3.61. The summed E-state index contributed by atoms with van der Waals surface area (Å²) >= 11 is 0. The minimum Gasteiger partial charge on any atom is -0.488 e. The molecule has 1 heterocycles. The minimum atomic E-state index is -0.965. The molecular formula is C23H23NO3. The third-order valence-electron chi connectivity index (χ3n) is 5.18. The fourth-order valence-corrected chi connectivity index (χ4v) is 3.73. The Morgan fingerprint density at radius 2 is 1.74 bits per heavy atom. The van der Waals surface area contributed by atoms with E-state index in [4.69, 9.17) is 4.74 Å². The van der Waals surface area contributed by atoms with E-state index in [1.54, 1.807) is 6.07 Å². The number of carboxylic acids is 1. The first-order chi connectivity index (χ1) is 13.2. The Bertz CT molecular complexity index is 955. The number of piperidine rings is 1. The molecule has 3 aromatic rings. The van der Waals surface area contributed by atoms with Crippen LogP contribution >= 0.6 is 0 Å². The number of hydrogen-bond acceptors (Lipinski definition) is 3. The van der Waals surface area contributed by atoms with E-state index in [1.807, 2.05) is 36.4 Å². The molecule has 138 valence electrons. The molecule has 0 saturated carbocycles. The van der Waals surface area contributed by atoms with Crippen LogP contribution in [0.4, 0.5) is 5.69 Å². The van der Waals surface area contributed by atoms with Crippen LogP contribution in [0.2, 0.25) is 0 Å². The normalized spacial score (nSPS) is 14.3. The van der Waals surface area contributed by atoms with Crippen molar-refractivity contribution in [3.8, 4) is 5.75 Å². The summed E-state index contributed by atoms with van der Waals surface area (Å²) in [5, 5.41) is 11.8.